The number of esters is 1. The van der Waals surface area contributed by atoms with E-state index in [-0.39, 0.29) is 5.97 Å². The number of ether oxygens (including phenoxy) is 1. The zero-order valence-electron chi connectivity index (χ0n) is 9.54. The van der Waals surface area contributed by atoms with Crippen LogP contribution in [0.5, 0.6) is 0 Å². The van der Waals surface area contributed by atoms with E-state index < -0.39 is 0 Å². The molecule has 2 rings (SSSR count). The van der Waals surface area contributed by atoms with E-state index >= 15 is 0 Å². The normalized spacial score (nSPS) is 10.5. The van der Waals surface area contributed by atoms with Gasteiger partial charge in [-0.05, 0) is 28.9 Å². The number of benzene rings is 1. The smallest absolute Gasteiger partial charge is 0.350 e. The van der Waals surface area contributed by atoms with Crippen LogP contribution in [0.2, 0.25) is 0 Å². The first kappa shape index (κ1) is 12.4. The van der Waals surface area contributed by atoms with Crippen LogP contribution in [0.3, 0.4) is 0 Å². The minimum Gasteiger partial charge on any atom is -0.462 e. The second-order valence-corrected chi connectivity index (χ2v) is 5.27. The highest BCUT2D eigenvalue weighted by molar-refractivity contribution is 9.10. The molecular weight excluding hydrogens is 302 g/mol. The van der Waals surface area contributed by atoms with Crippen LogP contribution in [0.1, 0.15) is 16.6 Å². The Morgan fingerprint density at radius 3 is 2.94 bits per heavy atom. The van der Waals surface area contributed by atoms with Gasteiger partial charge in [-0.15, -0.1) is 11.3 Å². The van der Waals surface area contributed by atoms with Gasteiger partial charge in [0, 0.05) is 16.9 Å². The lowest BCUT2D eigenvalue weighted by molar-refractivity contribution is 0.0533. The summed E-state index contributed by atoms with van der Waals surface area (Å²) >= 11 is 4.93. The van der Waals surface area contributed by atoms with E-state index in [4.69, 9.17) is 4.74 Å². The number of hydrogen-bond acceptors (Lipinski definition) is 4. The molecule has 0 saturated carbocycles. The van der Waals surface area contributed by atoms with E-state index in [2.05, 4.69) is 21.2 Å². The van der Waals surface area contributed by atoms with Crippen molar-refractivity contribution < 1.29 is 9.53 Å². The fourth-order valence-electron chi connectivity index (χ4n) is 1.67. The Morgan fingerprint density at radius 2 is 2.29 bits per heavy atom. The molecule has 0 amide bonds. The molecular formula is C12H12BrNO2S. The molecule has 0 saturated heterocycles. The van der Waals surface area contributed by atoms with Crippen molar-refractivity contribution in [3.05, 3.63) is 27.5 Å². The van der Waals surface area contributed by atoms with E-state index in [0.29, 0.717) is 11.5 Å². The highest BCUT2D eigenvalue weighted by Gasteiger charge is 2.19. The highest BCUT2D eigenvalue weighted by Crippen LogP contribution is 2.39. The Bertz CT molecular complexity index is 565. The molecule has 0 fully saturated rings. The first-order valence-corrected chi connectivity index (χ1v) is 6.85. The molecule has 1 aromatic heterocycles. The molecule has 0 aliphatic heterocycles. The van der Waals surface area contributed by atoms with Gasteiger partial charge in [0.05, 0.1) is 17.0 Å². The number of fused-ring (bicyclic) bond motifs is 1. The number of anilines is 1. The summed E-state index contributed by atoms with van der Waals surface area (Å²) in [7, 11) is 1.81. The summed E-state index contributed by atoms with van der Waals surface area (Å²) < 4.78 is 7.10. The minimum atomic E-state index is -0.273. The SMILES string of the molecule is CCOC(=O)c1sc2c(Br)cccc2c1NC. The number of hydrogen-bond donors (Lipinski definition) is 1. The standard InChI is InChI=1S/C12H12BrNO2S/c1-3-16-12(15)11-9(14-2)7-5-4-6-8(13)10(7)17-11/h4-6,14H,3H2,1-2H3. The van der Waals surface area contributed by atoms with Gasteiger partial charge >= 0.3 is 5.97 Å². The molecule has 0 spiro atoms. The largest absolute Gasteiger partial charge is 0.462 e. The van der Waals surface area contributed by atoms with Crippen LogP contribution in [0.15, 0.2) is 22.7 Å². The summed E-state index contributed by atoms with van der Waals surface area (Å²) in [4.78, 5) is 12.5. The maximum Gasteiger partial charge on any atom is 0.350 e. The van der Waals surface area contributed by atoms with Crippen LogP contribution in [-0.2, 0) is 4.74 Å². The van der Waals surface area contributed by atoms with Crippen molar-refractivity contribution in [3.8, 4) is 0 Å². The van der Waals surface area contributed by atoms with Gasteiger partial charge < -0.3 is 10.1 Å². The van der Waals surface area contributed by atoms with Crippen LogP contribution in [0, 0.1) is 0 Å². The fourth-order valence-corrected chi connectivity index (χ4v) is 3.39. The summed E-state index contributed by atoms with van der Waals surface area (Å²) in [6, 6.07) is 5.91. The highest BCUT2D eigenvalue weighted by atomic mass is 79.9. The predicted octanol–water partition coefficient (Wildman–Crippen LogP) is 3.88. The van der Waals surface area contributed by atoms with Crippen molar-refractivity contribution in [1.82, 2.24) is 0 Å². The molecule has 1 aromatic carbocycles. The molecule has 2 aromatic rings. The molecule has 17 heavy (non-hydrogen) atoms. The van der Waals surface area contributed by atoms with E-state index in [1.165, 1.54) is 11.3 Å². The lowest BCUT2D eigenvalue weighted by Crippen LogP contribution is -2.04. The van der Waals surface area contributed by atoms with Crippen molar-refractivity contribution in [3.63, 3.8) is 0 Å². The summed E-state index contributed by atoms with van der Waals surface area (Å²) in [5.74, 6) is -0.273. The van der Waals surface area contributed by atoms with Crippen molar-refractivity contribution >= 4 is 49.0 Å². The van der Waals surface area contributed by atoms with Gasteiger partial charge in [0.2, 0.25) is 0 Å². The number of carbonyl (C=O) groups is 1. The Hall–Kier alpha value is -1.07. The average Bonchev–Trinajstić information content (AvgIpc) is 2.69. The van der Waals surface area contributed by atoms with Crippen molar-refractivity contribution in [2.75, 3.05) is 19.0 Å². The van der Waals surface area contributed by atoms with Gasteiger partial charge in [-0.2, -0.15) is 0 Å². The summed E-state index contributed by atoms with van der Waals surface area (Å²) in [5.41, 5.74) is 0.838. The topological polar surface area (TPSA) is 38.3 Å². The molecule has 0 bridgehead atoms. The monoisotopic (exact) mass is 313 g/mol. The third-order valence-electron chi connectivity index (χ3n) is 2.38. The van der Waals surface area contributed by atoms with Crippen molar-refractivity contribution in [1.29, 1.82) is 0 Å². The zero-order chi connectivity index (χ0) is 12.4. The van der Waals surface area contributed by atoms with Crippen LogP contribution >= 0.6 is 27.3 Å². The van der Waals surface area contributed by atoms with Gasteiger partial charge in [0.1, 0.15) is 4.88 Å². The molecule has 1 heterocycles. The number of carbonyl (C=O) groups excluding carboxylic acids is 1. The zero-order valence-corrected chi connectivity index (χ0v) is 11.9. The third kappa shape index (κ3) is 2.17. The Morgan fingerprint density at radius 1 is 1.53 bits per heavy atom. The van der Waals surface area contributed by atoms with Crippen LogP contribution in [-0.4, -0.2) is 19.6 Å². The van der Waals surface area contributed by atoms with E-state index in [0.717, 1.165) is 20.2 Å². The molecule has 3 nitrogen and oxygen atoms in total. The molecule has 0 aliphatic carbocycles. The van der Waals surface area contributed by atoms with Gasteiger partial charge in [-0.1, -0.05) is 12.1 Å². The first-order chi connectivity index (χ1) is 8.19. The van der Waals surface area contributed by atoms with Crippen molar-refractivity contribution in [2.24, 2.45) is 0 Å². The molecule has 0 atom stereocenters. The van der Waals surface area contributed by atoms with Gasteiger partial charge in [-0.25, -0.2) is 4.79 Å². The van der Waals surface area contributed by atoms with E-state index in [1.54, 1.807) is 6.92 Å². The van der Waals surface area contributed by atoms with Crippen LogP contribution < -0.4 is 5.32 Å². The Balaban J connectivity index is 2.63. The van der Waals surface area contributed by atoms with Crippen molar-refractivity contribution in [2.45, 2.75) is 6.92 Å². The molecule has 0 unspecified atom stereocenters. The van der Waals surface area contributed by atoms with Gasteiger partial charge in [0.15, 0.2) is 0 Å². The second-order valence-electron chi connectivity index (χ2n) is 3.39. The second kappa shape index (κ2) is 5.06. The Labute approximate surface area is 112 Å². The molecule has 1 N–H and O–H groups in total. The summed E-state index contributed by atoms with van der Waals surface area (Å²) in [6.45, 7) is 2.19. The first-order valence-electron chi connectivity index (χ1n) is 5.25. The number of rotatable bonds is 3. The van der Waals surface area contributed by atoms with E-state index in [9.17, 15) is 4.79 Å². The average molecular weight is 314 g/mol. The summed E-state index contributed by atoms with van der Waals surface area (Å²) in [6.07, 6.45) is 0. The molecule has 5 heteroatoms. The number of thiophene rings is 1. The van der Waals surface area contributed by atoms with Gasteiger partial charge in [-0.3, -0.25) is 0 Å². The molecule has 0 radical (unpaired) electrons. The maximum absolute atomic E-state index is 11.8. The quantitative estimate of drug-likeness (QED) is 0.874. The molecule has 90 valence electrons. The summed E-state index contributed by atoms with van der Waals surface area (Å²) in [5, 5.41) is 4.11. The maximum atomic E-state index is 11.8. The predicted molar refractivity (Wildman–Crippen MR) is 75.0 cm³/mol. The number of nitrogens with one attached hydrogen (secondary N) is 1. The van der Waals surface area contributed by atoms with Crippen LogP contribution in [0.25, 0.3) is 10.1 Å². The number of halogens is 1. The van der Waals surface area contributed by atoms with Gasteiger partial charge in [0.25, 0.3) is 0 Å². The lowest BCUT2D eigenvalue weighted by atomic mass is 10.2. The van der Waals surface area contributed by atoms with Crippen LogP contribution in [0.4, 0.5) is 5.69 Å². The lowest BCUT2D eigenvalue weighted by Gasteiger charge is -2.03. The van der Waals surface area contributed by atoms with E-state index in [1.807, 2.05) is 25.2 Å². The fraction of sp³-hybridized carbons (Fsp3) is 0.250. The Kier molecular flexibility index (Phi) is 3.69. The third-order valence-corrected chi connectivity index (χ3v) is 4.52. The minimum absolute atomic E-state index is 0.273. The molecule has 0 aliphatic rings.